The summed E-state index contributed by atoms with van der Waals surface area (Å²) in [6.07, 6.45) is 2.39. The predicted octanol–water partition coefficient (Wildman–Crippen LogP) is 7.95. The second kappa shape index (κ2) is 11.0. The fraction of sp³-hybridized carbons (Fsp3) is 0. The van der Waals surface area contributed by atoms with E-state index >= 15 is 0 Å². The molecule has 0 aliphatic heterocycles. The Morgan fingerprint density at radius 1 is 0.486 bits per heavy atom. The van der Waals surface area contributed by atoms with Crippen molar-refractivity contribution in [3.63, 3.8) is 0 Å². The fourth-order valence-electron chi connectivity index (χ4n) is 5.26. The van der Waals surface area contributed by atoms with Crippen LogP contribution in [-0.2, 0) is 19.5 Å². The molecule has 5 aromatic carbocycles. The smallest absolute Gasteiger partial charge is 0.0827 e. The Morgan fingerprint density at radius 3 is 1.59 bits per heavy atom. The van der Waals surface area contributed by atoms with Gasteiger partial charge in [0.05, 0.1) is 10.0 Å². The third kappa shape index (κ3) is 4.39. The van der Waals surface area contributed by atoms with Crippen LogP contribution < -0.4 is 15.9 Å². The number of benzene rings is 5. The van der Waals surface area contributed by atoms with E-state index in [1.54, 1.807) is 0 Å². The number of hydrogen-bond donors (Lipinski definition) is 0. The van der Waals surface area contributed by atoms with Crippen LogP contribution in [0.5, 0.6) is 0 Å². The molecule has 4 heteroatoms. The van der Waals surface area contributed by atoms with Crippen LogP contribution in [0.4, 0.5) is 0 Å². The van der Waals surface area contributed by atoms with E-state index in [-0.39, 0.29) is 19.5 Å². The standard InChI is InChI=1S/C33H23Cl2P.Ru/c34-30-21-12-22-31(33(30)35)36(25-15-6-2-7-16-25,26-17-8-3-9-18-26)32-23-29(24-13-4-1-5-14-24)27-19-10-11-20-28(27)32;/h1-23H;/q;+2. The van der Waals surface area contributed by atoms with Gasteiger partial charge in [-0.3, -0.25) is 0 Å². The zero-order valence-corrected chi connectivity index (χ0v) is 24.0. The van der Waals surface area contributed by atoms with Crippen LogP contribution in [0.2, 0.25) is 10.0 Å². The van der Waals surface area contributed by atoms with E-state index in [1.807, 2.05) is 12.1 Å². The molecule has 0 N–H and O–H groups in total. The van der Waals surface area contributed by atoms with Gasteiger partial charge in [0.2, 0.25) is 0 Å². The fourth-order valence-corrected chi connectivity index (χ4v) is 10.5. The summed E-state index contributed by atoms with van der Waals surface area (Å²) in [5, 5.41) is 6.05. The predicted molar refractivity (Wildman–Crippen MR) is 159 cm³/mol. The first-order chi connectivity index (χ1) is 17.7. The van der Waals surface area contributed by atoms with E-state index in [0.717, 1.165) is 5.30 Å². The van der Waals surface area contributed by atoms with Gasteiger partial charge in [-0.25, -0.2) is 0 Å². The van der Waals surface area contributed by atoms with Gasteiger partial charge >= 0.3 is 19.5 Å². The Labute approximate surface area is 241 Å². The topological polar surface area (TPSA) is 0 Å². The maximum atomic E-state index is 7.10. The number of fused-ring (bicyclic) bond motifs is 1. The van der Waals surface area contributed by atoms with Crippen molar-refractivity contribution in [1.82, 2.24) is 0 Å². The maximum absolute atomic E-state index is 7.10. The van der Waals surface area contributed by atoms with Crippen molar-refractivity contribution >= 4 is 56.9 Å². The molecule has 1 aliphatic rings. The van der Waals surface area contributed by atoms with E-state index < -0.39 is 6.89 Å². The molecule has 0 unspecified atom stereocenters. The molecule has 37 heavy (non-hydrogen) atoms. The summed E-state index contributed by atoms with van der Waals surface area (Å²) in [7, 11) is 0. The average Bonchev–Trinajstić information content (AvgIpc) is 3.33. The van der Waals surface area contributed by atoms with Crippen molar-refractivity contribution in [1.29, 1.82) is 0 Å². The molecule has 0 radical (unpaired) electrons. The van der Waals surface area contributed by atoms with Gasteiger partial charge in [-0.1, -0.05) is 151 Å². The van der Waals surface area contributed by atoms with Gasteiger partial charge in [-0.2, -0.15) is 0 Å². The first-order valence-electron chi connectivity index (χ1n) is 11.9. The van der Waals surface area contributed by atoms with E-state index in [9.17, 15) is 0 Å². The molecule has 0 saturated heterocycles. The summed E-state index contributed by atoms with van der Waals surface area (Å²) in [6.45, 7) is -2.43. The minimum absolute atomic E-state index is 0. The van der Waals surface area contributed by atoms with Gasteiger partial charge < -0.3 is 0 Å². The normalized spacial score (nSPS) is 12.5. The Morgan fingerprint density at radius 2 is 1.00 bits per heavy atom. The molecule has 0 aromatic heterocycles. The molecule has 0 nitrogen and oxygen atoms in total. The molecule has 0 saturated carbocycles. The van der Waals surface area contributed by atoms with E-state index in [2.05, 4.69) is 127 Å². The van der Waals surface area contributed by atoms with Crippen molar-refractivity contribution < 1.29 is 19.5 Å². The Balaban J connectivity index is 0.00000280. The molecule has 0 atom stereocenters. The van der Waals surface area contributed by atoms with Crippen LogP contribution in [0.3, 0.4) is 0 Å². The van der Waals surface area contributed by atoms with Crippen molar-refractivity contribution in [2.45, 2.75) is 0 Å². The third-order valence-electron chi connectivity index (χ3n) is 6.80. The van der Waals surface area contributed by atoms with E-state index in [1.165, 1.54) is 38.2 Å². The number of halogens is 2. The summed E-state index contributed by atoms with van der Waals surface area (Å²) in [5.74, 6) is 0. The molecule has 6 rings (SSSR count). The molecule has 0 spiro atoms. The molecule has 0 fully saturated rings. The Hall–Kier alpha value is -2.66. The summed E-state index contributed by atoms with van der Waals surface area (Å²) in [6, 6.07) is 47.0. The summed E-state index contributed by atoms with van der Waals surface area (Å²) in [5.41, 5.74) is 4.92. The van der Waals surface area contributed by atoms with Gasteiger partial charge in [-0.15, -0.1) is 0 Å². The van der Waals surface area contributed by atoms with Crippen molar-refractivity contribution in [2.24, 2.45) is 0 Å². The Kier molecular flexibility index (Phi) is 7.71. The minimum Gasteiger partial charge on any atom is -0.0827 e. The second-order valence-corrected chi connectivity index (χ2v) is 12.9. The molecule has 1 aliphatic carbocycles. The van der Waals surface area contributed by atoms with Gasteiger partial charge in [0, 0.05) is 5.30 Å². The van der Waals surface area contributed by atoms with Gasteiger partial charge in [0.15, 0.2) is 0 Å². The molecular formula is C33H23Cl2PRu+2. The van der Waals surface area contributed by atoms with Crippen molar-refractivity contribution in [2.75, 3.05) is 0 Å². The quantitative estimate of drug-likeness (QED) is 0.141. The maximum Gasteiger partial charge on any atom is 2.00 e. The number of rotatable bonds is 4. The summed E-state index contributed by atoms with van der Waals surface area (Å²) >= 11 is 13.8. The van der Waals surface area contributed by atoms with Crippen LogP contribution in [0.15, 0.2) is 140 Å². The van der Waals surface area contributed by atoms with E-state index in [0.29, 0.717) is 10.0 Å². The van der Waals surface area contributed by atoms with Crippen LogP contribution >= 0.6 is 30.1 Å². The second-order valence-electron chi connectivity index (χ2n) is 8.77. The van der Waals surface area contributed by atoms with E-state index in [4.69, 9.17) is 23.2 Å². The average molecular weight is 622 g/mol. The van der Waals surface area contributed by atoms with Gasteiger partial charge in [0.25, 0.3) is 0 Å². The largest absolute Gasteiger partial charge is 2.00 e. The minimum atomic E-state index is -2.43. The first-order valence-corrected chi connectivity index (χ1v) is 14.4. The molecule has 0 heterocycles. The van der Waals surface area contributed by atoms with Gasteiger partial charge in [-0.05, 0) is 57.2 Å². The third-order valence-corrected chi connectivity index (χ3v) is 12.1. The molecule has 0 amide bonds. The molecule has 5 aromatic rings. The Bertz CT molecular complexity index is 1600. The number of allylic oxidation sites excluding steroid dienone is 1. The van der Waals surface area contributed by atoms with Crippen LogP contribution in [0.1, 0.15) is 16.7 Å². The van der Waals surface area contributed by atoms with Crippen molar-refractivity contribution in [3.05, 3.63) is 166 Å². The molecule has 180 valence electrons. The zero-order valence-electron chi connectivity index (χ0n) is 19.8. The molecule has 0 bridgehead atoms. The zero-order chi connectivity index (χ0) is 24.5. The summed E-state index contributed by atoms with van der Waals surface area (Å²) in [4.78, 5) is 0. The monoisotopic (exact) mass is 622 g/mol. The first kappa shape index (κ1) is 26.0. The number of hydrogen-bond acceptors (Lipinski definition) is 0. The summed E-state index contributed by atoms with van der Waals surface area (Å²) < 4.78 is 0. The van der Waals surface area contributed by atoms with Crippen LogP contribution in [0, 0.1) is 0 Å². The SMILES string of the molecule is Clc1cccc(P(=C2C=C(c3ccccc3)c3ccccc32)(c2ccccc2)c2ccccc2)c1Cl.[Ru+2]. The van der Waals surface area contributed by atoms with Crippen molar-refractivity contribution in [3.8, 4) is 0 Å². The van der Waals surface area contributed by atoms with Gasteiger partial charge in [0.1, 0.15) is 0 Å². The molecular weight excluding hydrogens is 599 g/mol. The van der Waals surface area contributed by atoms with Crippen LogP contribution in [0.25, 0.3) is 5.57 Å². The van der Waals surface area contributed by atoms with Crippen LogP contribution in [-0.4, -0.2) is 5.29 Å².